The summed E-state index contributed by atoms with van der Waals surface area (Å²) in [6.45, 7) is 5.35. The van der Waals surface area contributed by atoms with E-state index in [-0.39, 0.29) is 17.9 Å². The Kier molecular flexibility index (Phi) is 4.64. The molecule has 1 amide bonds. The van der Waals surface area contributed by atoms with Crippen molar-refractivity contribution >= 4 is 17.5 Å². The van der Waals surface area contributed by atoms with Crippen molar-refractivity contribution in [2.75, 3.05) is 13.1 Å². The van der Waals surface area contributed by atoms with E-state index in [1.807, 2.05) is 18.7 Å². The number of likely N-dealkylation sites (tertiary alicyclic amines) is 1. The summed E-state index contributed by atoms with van der Waals surface area (Å²) in [7, 11) is 0. The average Bonchev–Trinajstić information content (AvgIpc) is 2.36. The number of rotatable bonds is 5. The molecule has 2 heterocycles. The van der Waals surface area contributed by atoms with Crippen molar-refractivity contribution in [3.8, 4) is 5.88 Å². The van der Waals surface area contributed by atoms with Crippen LogP contribution in [0.15, 0.2) is 18.3 Å². The third-order valence-corrected chi connectivity index (χ3v) is 3.79. The standard InChI is InChI=1S/C14H19ClN2O2/c1-3-10(4-2)14(18)17-8-11(9-17)19-13-12(15)6-5-7-16-13/h5-7,10-11H,3-4,8-9H2,1-2H3. The van der Waals surface area contributed by atoms with Crippen molar-refractivity contribution in [2.45, 2.75) is 32.8 Å². The van der Waals surface area contributed by atoms with Gasteiger partial charge >= 0.3 is 0 Å². The second-order valence-corrected chi connectivity index (χ2v) is 5.19. The van der Waals surface area contributed by atoms with E-state index in [2.05, 4.69) is 4.98 Å². The second-order valence-electron chi connectivity index (χ2n) is 4.79. The second kappa shape index (κ2) is 6.24. The molecule has 0 N–H and O–H groups in total. The maximum absolute atomic E-state index is 12.1. The zero-order chi connectivity index (χ0) is 13.8. The van der Waals surface area contributed by atoms with Crippen molar-refractivity contribution in [3.05, 3.63) is 23.4 Å². The van der Waals surface area contributed by atoms with Gasteiger partial charge in [0.1, 0.15) is 11.1 Å². The van der Waals surface area contributed by atoms with Crippen LogP contribution in [0.2, 0.25) is 5.02 Å². The molecular formula is C14H19ClN2O2. The number of carbonyl (C=O) groups excluding carboxylic acids is 1. The number of nitrogens with zero attached hydrogens (tertiary/aromatic N) is 2. The molecule has 4 nitrogen and oxygen atoms in total. The number of halogens is 1. The number of amides is 1. The van der Waals surface area contributed by atoms with E-state index in [0.29, 0.717) is 24.0 Å². The van der Waals surface area contributed by atoms with Gasteiger partial charge in [-0.15, -0.1) is 0 Å². The van der Waals surface area contributed by atoms with Gasteiger partial charge in [0, 0.05) is 12.1 Å². The first kappa shape index (κ1) is 14.1. The van der Waals surface area contributed by atoms with E-state index in [4.69, 9.17) is 16.3 Å². The molecule has 1 aliphatic heterocycles. The molecule has 0 atom stereocenters. The van der Waals surface area contributed by atoms with Crippen molar-refractivity contribution in [1.29, 1.82) is 0 Å². The van der Waals surface area contributed by atoms with Crippen LogP contribution >= 0.6 is 11.6 Å². The van der Waals surface area contributed by atoms with Crippen LogP contribution in [0.4, 0.5) is 0 Å². The number of carbonyl (C=O) groups is 1. The Balaban J connectivity index is 1.84. The highest BCUT2D eigenvalue weighted by atomic mass is 35.5. The Morgan fingerprint density at radius 2 is 2.21 bits per heavy atom. The van der Waals surface area contributed by atoms with Gasteiger partial charge in [-0.05, 0) is 25.0 Å². The van der Waals surface area contributed by atoms with Crippen LogP contribution in [0.3, 0.4) is 0 Å². The molecule has 1 aromatic heterocycles. The van der Waals surface area contributed by atoms with Gasteiger partial charge in [0.2, 0.25) is 11.8 Å². The summed E-state index contributed by atoms with van der Waals surface area (Å²) in [5.74, 6) is 0.820. The summed E-state index contributed by atoms with van der Waals surface area (Å²) in [4.78, 5) is 18.0. The Labute approximate surface area is 118 Å². The van der Waals surface area contributed by atoms with Crippen molar-refractivity contribution in [1.82, 2.24) is 9.88 Å². The Hall–Kier alpha value is -1.29. The highest BCUT2D eigenvalue weighted by Gasteiger charge is 2.35. The Morgan fingerprint density at radius 1 is 1.53 bits per heavy atom. The Bertz CT molecular complexity index is 443. The molecule has 0 saturated carbocycles. The van der Waals surface area contributed by atoms with Crippen molar-refractivity contribution in [2.24, 2.45) is 5.92 Å². The molecule has 0 aromatic carbocycles. The van der Waals surface area contributed by atoms with E-state index in [1.54, 1.807) is 18.3 Å². The molecule has 0 aliphatic carbocycles. The third-order valence-electron chi connectivity index (χ3n) is 3.50. The van der Waals surface area contributed by atoms with Gasteiger partial charge in [-0.25, -0.2) is 4.98 Å². The average molecular weight is 283 g/mol. The van der Waals surface area contributed by atoms with Gasteiger partial charge in [-0.2, -0.15) is 0 Å². The zero-order valence-electron chi connectivity index (χ0n) is 11.3. The summed E-state index contributed by atoms with van der Waals surface area (Å²) >= 11 is 5.98. The minimum absolute atomic E-state index is 0.00529. The van der Waals surface area contributed by atoms with Crippen molar-refractivity contribution < 1.29 is 9.53 Å². The SMILES string of the molecule is CCC(CC)C(=O)N1CC(Oc2ncccc2Cl)C1. The van der Waals surface area contributed by atoms with Crippen LogP contribution < -0.4 is 4.74 Å². The molecule has 104 valence electrons. The first-order valence-electron chi connectivity index (χ1n) is 6.71. The van der Waals surface area contributed by atoms with Gasteiger partial charge < -0.3 is 9.64 Å². The lowest BCUT2D eigenvalue weighted by Gasteiger charge is -2.40. The first-order chi connectivity index (χ1) is 9.15. The lowest BCUT2D eigenvalue weighted by Crippen LogP contribution is -2.57. The van der Waals surface area contributed by atoms with Crippen LogP contribution in [0.5, 0.6) is 5.88 Å². The van der Waals surface area contributed by atoms with Crippen LogP contribution in [0.25, 0.3) is 0 Å². The molecule has 0 spiro atoms. The number of hydrogen-bond donors (Lipinski definition) is 0. The molecule has 1 aromatic rings. The maximum Gasteiger partial charge on any atom is 0.232 e. The summed E-state index contributed by atoms with van der Waals surface area (Å²) in [5.41, 5.74) is 0. The highest BCUT2D eigenvalue weighted by molar-refractivity contribution is 6.31. The normalized spacial score (nSPS) is 15.5. The Morgan fingerprint density at radius 3 is 2.79 bits per heavy atom. The van der Waals surface area contributed by atoms with Crippen molar-refractivity contribution in [3.63, 3.8) is 0 Å². The van der Waals surface area contributed by atoms with E-state index in [1.165, 1.54) is 0 Å². The predicted molar refractivity (Wildman–Crippen MR) is 74.3 cm³/mol. The van der Waals surface area contributed by atoms with Gasteiger partial charge in [-0.1, -0.05) is 25.4 Å². The lowest BCUT2D eigenvalue weighted by atomic mass is 9.99. The number of aromatic nitrogens is 1. The third kappa shape index (κ3) is 3.18. The summed E-state index contributed by atoms with van der Waals surface area (Å²) in [6.07, 6.45) is 3.44. The molecule has 1 fully saturated rings. The van der Waals surface area contributed by atoms with E-state index in [9.17, 15) is 4.79 Å². The number of pyridine rings is 1. The minimum Gasteiger partial charge on any atom is -0.470 e. The van der Waals surface area contributed by atoms with E-state index < -0.39 is 0 Å². The zero-order valence-corrected chi connectivity index (χ0v) is 12.1. The van der Waals surface area contributed by atoms with Gasteiger partial charge in [-0.3, -0.25) is 4.79 Å². The topological polar surface area (TPSA) is 42.4 Å². The summed E-state index contributed by atoms with van der Waals surface area (Å²) < 4.78 is 5.67. The highest BCUT2D eigenvalue weighted by Crippen LogP contribution is 2.25. The lowest BCUT2D eigenvalue weighted by molar-refractivity contribution is -0.144. The molecule has 5 heteroatoms. The van der Waals surface area contributed by atoms with Gasteiger partial charge in [0.25, 0.3) is 0 Å². The maximum atomic E-state index is 12.1. The fraction of sp³-hybridized carbons (Fsp3) is 0.571. The minimum atomic E-state index is 0.00529. The van der Waals surface area contributed by atoms with Crippen LogP contribution in [0.1, 0.15) is 26.7 Å². The number of ether oxygens (including phenoxy) is 1. The van der Waals surface area contributed by atoms with Gasteiger partial charge in [0.05, 0.1) is 13.1 Å². The van der Waals surface area contributed by atoms with Crippen LogP contribution in [-0.2, 0) is 4.79 Å². The molecule has 1 aliphatic rings. The summed E-state index contributed by atoms with van der Waals surface area (Å²) in [6, 6.07) is 3.51. The largest absolute Gasteiger partial charge is 0.470 e. The molecular weight excluding hydrogens is 264 g/mol. The fourth-order valence-electron chi connectivity index (χ4n) is 2.20. The smallest absolute Gasteiger partial charge is 0.232 e. The van der Waals surface area contributed by atoms with E-state index >= 15 is 0 Å². The fourth-order valence-corrected chi connectivity index (χ4v) is 2.37. The molecule has 0 unspecified atom stereocenters. The molecule has 19 heavy (non-hydrogen) atoms. The van der Waals surface area contributed by atoms with E-state index in [0.717, 1.165) is 12.8 Å². The molecule has 2 rings (SSSR count). The molecule has 1 saturated heterocycles. The molecule has 0 bridgehead atoms. The summed E-state index contributed by atoms with van der Waals surface area (Å²) in [5, 5.41) is 0.507. The van der Waals surface area contributed by atoms with Gasteiger partial charge in [0.15, 0.2) is 0 Å². The van der Waals surface area contributed by atoms with Crippen LogP contribution in [-0.4, -0.2) is 35.0 Å². The monoisotopic (exact) mass is 282 g/mol. The molecule has 0 radical (unpaired) electrons. The number of hydrogen-bond acceptors (Lipinski definition) is 3. The first-order valence-corrected chi connectivity index (χ1v) is 7.09. The quantitative estimate of drug-likeness (QED) is 0.834. The van der Waals surface area contributed by atoms with Crippen LogP contribution in [0, 0.1) is 5.92 Å². The predicted octanol–water partition coefficient (Wildman–Crippen LogP) is 2.76.